The Hall–Kier alpha value is -2.37. The van der Waals surface area contributed by atoms with Crippen LogP contribution >= 0.6 is 0 Å². The molecule has 1 amide bonds. The van der Waals surface area contributed by atoms with Crippen LogP contribution in [0.5, 0.6) is 0 Å². The second kappa shape index (κ2) is 5.95. The molecule has 0 atom stereocenters. The van der Waals surface area contributed by atoms with Crippen LogP contribution in [-0.4, -0.2) is 32.6 Å². The zero-order chi connectivity index (χ0) is 15.6. The van der Waals surface area contributed by atoms with Gasteiger partial charge in [-0.25, -0.2) is 9.78 Å². The smallest absolute Gasteiger partial charge is 0.335 e. The molecule has 0 fully saturated rings. The molecule has 2 aromatic rings. The second-order valence-corrected chi connectivity index (χ2v) is 5.29. The minimum Gasteiger partial charge on any atom is -0.478 e. The fourth-order valence-electron chi connectivity index (χ4n) is 2.27. The molecule has 0 unspecified atom stereocenters. The molecule has 1 aromatic heterocycles. The molecule has 2 N–H and O–H groups in total. The van der Waals surface area contributed by atoms with Gasteiger partial charge < -0.3 is 15.0 Å². The molecule has 0 radical (unpaired) electrons. The van der Waals surface area contributed by atoms with Crippen molar-refractivity contribution < 1.29 is 14.7 Å². The van der Waals surface area contributed by atoms with Crippen molar-refractivity contribution in [1.29, 1.82) is 0 Å². The number of hydrogen-bond donors (Lipinski definition) is 2. The number of nitrogens with one attached hydrogen (secondary N) is 1. The van der Waals surface area contributed by atoms with Crippen molar-refractivity contribution in [3.05, 3.63) is 29.6 Å². The van der Waals surface area contributed by atoms with E-state index < -0.39 is 5.97 Å². The highest BCUT2D eigenvalue weighted by molar-refractivity contribution is 5.92. The van der Waals surface area contributed by atoms with E-state index in [9.17, 15) is 9.59 Å². The number of rotatable bonds is 5. The number of carboxylic acids is 1. The Morgan fingerprint density at radius 3 is 2.71 bits per heavy atom. The van der Waals surface area contributed by atoms with Crippen LogP contribution < -0.4 is 5.32 Å². The van der Waals surface area contributed by atoms with Gasteiger partial charge >= 0.3 is 5.97 Å². The van der Waals surface area contributed by atoms with Crippen molar-refractivity contribution in [3.63, 3.8) is 0 Å². The molecular formula is C15H19N3O3. The maximum atomic E-state index is 11.7. The Morgan fingerprint density at radius 2 is 2.10 bits per heavy atom. The van der Waals surface area contributed by atoms with Gasteiger partial charge in [0.2, 0.25) is 5.91 Å². The van der Waals surface area contributed by atoms with E-state index in [4.69, 9.17) is 5.11 Å². The quantitative estimate of drug-likeness (QED) is 0.881. The summed E-state index contributed by atoms with van der Waals surface area (Å²) in [5.41, 5.74) is 1.69. The highest BCUT2D eigenvalue weighted by Crippen LogP contribution is 2.18. The molecule has 6 heteroatoms. The first kappa shape index (κ1) is 15.0. The van der Waals surface area contributed by atoms with Crippen LogP contribution in [0.2, 0.25) is 0 Å². The van der Waals surface area contributed by atoms with Gasteiger partial charge in [-0.1, -0.05) is 0 Å². The summed E-state index contributed by atoms with van der Waals surface area (Å²) in [4.78, 5) is 27.0. The Morgan fingerprint density at radius 1 is 1.38 bits per heavy atom. The molecule has 112 valence electrons. The third-order valence-corrected chi connectivity index (χ3v) is 3.20. The zero-order valence-corrected chi connectivity index (χ0v) is 12.4. The lowest BCUT2D eigenvalue weighted by Crippen LogP contribution is -2.30. The van der Waals surface area contributed by atoms with E-state index in [1.54, 1.807) is 18.2 Å². The van der Waals surface area contributed by atoms with E-state index in [1.807, 2.05) is 25.3 Å². The Kier molecular flexibility index (Phi) is 4.26. The van der Waals surface area contributed by atoms with Crippen LogP contribution in [0.3, 0.4) is 0 Å². The number of fused-ring (bicyclic) bond motifs is 1. The lowest BCUT2D eigenvalue weighted by atomic mass is 10.2. The number of imidazole rings is 1. The van der Waals surface area contributed by atoms with Gasteiger partial charge in [-0.05, 0) is 39.0 Å². The molecule has 0 aliphatic rings. The number of aromatic nitrogens is 2. The first-order chi connectivity index (χ1) is 9.88. The average molecular weight is 289 g/mol. The van der Waals surface area contributed by atoms with Gasteiger partial charge in [-0.15, -0.1) is 0 Å². The first-order valence-corrected chi connectivity index (χ1v) is 6.88. The number of aromatic carboxylic acids is 1. The van der Waals surface area contributed by atoms with Crippen LogP contribution in [0.4, 0.5) is 0 Å². The Labute approximate surface area is 122 Å². The van der Waals surface area contributed by atoms with E-state index in [0.29, 0.717) is 18.5 Å². The highest BCUT2D eigenvalue weighted by Gasteiger charge is 2.12. The summed E-state index contributed by atoms with van der Waals surface area (Å²) < 4.78 is 1.93. The largest absolute Gasteiger partial charge is 0.478 e. The number of amides is 1. The van der Waals surface area contributed by atoms with Crippen LogP contribution in [0, 0.1) is 6.92 Å². The molecule has 21 heavy (non-hydrogen) atoms. The van der Waals surface area contributed by atoms with Gasteiger partial charge in [0.1, 0.15) is 5.82 Å². The molecule has 0 spiro atoms. The molecule has 6 nitrogen and oxygen atoms in total. The van der Waals surface area contributed by atoms with Crippen LogP contribution in [0.25, 0.3) is 11.0 Å². The monoisotopic (exact) mass is 289 g/mol. The SMILES string of the molecule is Cc1nc2cc(C(=O)O)ccc2n1CCC(=O)NC(C)C. The summed E-state index contributed by atoms with van der Waals surface area (Å²) in [5.74, 6) is -0.210. The Bertz CT molecular complexity index is 689. The molecule has 0 aliphatic carbocycles. The number of aryl methyl sites for hydroxylation is 2. The van der Waals surface area contributed by atoms with Crippen molar-refractivity contribution in [3.8, 4) is 0 Å². The number of hydrogen-bond acceptors (Lipinski definition) is 3. The van der Waals surface area contributed by atoms with E-state index in [1.165, 1.54) is 0 Å². The molecule has 0 bridgehead atoms. The van der Waals surface area contributed by atoms with Gasteiger partial charge in [0, 0.05) is 19.0 Å². The summed E-state index contributed by atoms with van der Waals surface area (Å²) in [6, 6.07) is 4.96. The zero-order valence-electron chi connectivity index (χ0n) is 12.4. The van der Waals surface area contributed by atoms with E-state index in [-0.39, 0.29) is 17.5 Å². The Balaban J connectivity index is 2.22. The van der Waals surface area contributed by atoms with Gasteiger partial charge in [0.05, 0.1) is 16.6 Å². The van der Waals surface area contributed by atoms with Gasteiger partial charge in [0.25, 0.3) is 0 Å². The van der Waals surface area contributed by atoms with Crippen molar-refractivity contribution in [1.82, 2.24) is 14.9 Å². The van der Waals surface area contributed by atoms with Gasteiger partial charge in [-0.2, -0.15) is 0 Å². The number of nitrogens with zero attached hydrogens (tertiary/aromatic N) is 2. The standard InChI is InChI=1S/C15H19N3O3/c1-9(2)16-14(19)6-7-18-10(3)17-12-8-11(15(20)21)4-5-13(12)18/h4-5,8-9H,6-7H2,1-3H3,(H,16,19)(H,20,21). The normalized spacial score (nSPS) is 11.0. The molecule has 1 aromatic carbocycles. The lowest BCUT2D eigenvalue weighted by Gasteiger charge is -2.10. The summed E-state index contributed by atoms with van der Waals surface area (Å²) in [6.45, 7) is 6.21. The van der Waals surface area contributed by atoms with E-state index in [0.717, 1.165) is 11.3 Å². The summed E-state index contributed by atoms with van der Waals surface area (Å²) >= 11 is 0. The highest BCUT2D eigenvalue weighted by atomic mass is 16.4. The van der Waals surface area contributed by atoms with Crippen molar-refractivity contribution in [2.45, 2.75) is 39.8 Å². The van der Waals surface area contributed by atoms with Crippen molar-refractivity contribution >= 4 is 22.9 Å². The van der Waals surface area contributed by atoms with Crippen molar-refractivity contribution in [2.75, 3.05) is 0 Å². The number of carbonyl (C=O) groups excluding carboxylic acids is 1. The molecule has 1 heterocycles. The third kappa shape index (κ3) is 3.39. The van der Waals surface area contributed by atoms with Crippen LogP contribution in [0.15, 0.2) is 18.2 Å². The second-order valence-electron chi connectivity index (χ2n) is 5.29. The number of carbonyl (C=O) groups is 2. The first-order valence-electron chi connectivity index (χ1n) is 6.88. The molecule has 0 saturated heterocycles. The van der Waals surface area contributed by atoms with Crippen LogP contribution in [-0.2, 0) is 11.3 Å². The maximum absolute atomic E-state index is 11.7. The minimum absolute atomic E-state index is 0.00611. The predicted molar refractivity (Wildman–Crippen MR) is 79.3 cm³/mol. The summed E-state index contributed by atoms with van der Waals surface area (Å²) in [6.07, 6.45) is 0.366. The third-order valence-electron chi connectivity index (χ3n) is 3.20. The summed E-state index contributed by atoms with van der Waals surface area (Å²) in [7, 11) is 0. The number of carboxylic acid groups (broad SMARTS) is 1. The number of benzene rings is 1. The summed E-state index contributed by atoms with van der Waals surface area (Å²) in [5, 5.41) is 11.8. The maximum Gasteiger partial charge on any atom is 0.335 e. The molecule has 0 saturated carbocycles. The predicted octanol–water partition coefficient (Wildman–Crippen LogP) is 1.96. The molecular weight excluding hydrogens is 270 g/mol. The minimum atomic E-state index is -0.972. The molecule has 0 aliphatic heterocycles. The van der Waals surface area contributed by atoms with Gasteiger partial charge in [-0.3, -0.25) is 4.79 Å². The van der Waals surface area contributed by atoms with Gasteiger partial charge in [0.15, 0.2) is 0 Å². The average Bonchev–Trinajstić information content (AvgIpc) is 2.70. The fraction of sp³-hybridized carbons (Fsp3) is 0.400. The lowest BCUT2D eigenvalue weighted by molar-refractivity contribution is -0.121. The fourth-order valence-corrected chi connectivity index (χ4v) is 2.27. The van der Waals surface area contributed by atoms with E-state index in [2.05, 4.69) is 10.3 Å². The topological polar surface area (TPSA) is 84.2 Å². The van der Waals surface area contributed by atoms with E-state index >= 15 is 0 Å². The van der Waals surface area contributed by atoms with Crippen LogP contribution in [0.1, 0.15) is 36.5 Å². The van der Waals surface area contributed by atoms with Crippen molar-refractivity contribution in [2.24, 2.45) is 0 Å². The molecule has 2 rings (SSSR count).